The molecule has 0 spiro atoms. The Labute approximate surface area is 91.4 Å². The van der Waals surface area contributed by atoms with Crippen LogP contribution in [0.4, 0.5) is 13.2 Å². The Morgan fingerprint density at radius 3 is 2.06 bits per heavy atom. The maximum absolute atomic E-state index is 13.3. The van der Waals surface area contributed by atoms with Crippen molar-refractivity contribution in [1.82, 2.24) is 0 Å². The molecule has 0 heterocycles. The molecule has 16 heavy (non-hydrogen) atoms. The number of benzene rings is 2. The zero-order chi connectivity index (χ0) is 11.5. The van der Waals surface area contributed by atoms with Gasteiger partial charge in [-0.1, -0.05) is 36.4 Å². The largest absolute Gasteiger partial charge is 0.266 e. The van der Waals surface area contributed by atoms with Crippen molar-refractivity contribution in [1.29, 1.82) is 0 Å². The second-order valence-electron chi connectivity index (χ2n) is 3.40. The first-order chi connectivity index (χ1) is 7.68. The molecule has 0 aliphatic rings. The molecule has 0 unspecified atom stereocenters. The summed E-state index contributed by atoms with van der Waals surface area (Å²) in [5.41, 5.74) is 0.851. The molecule has 82 valence electrons. The average molecular weight is 222 g/mol. The van der Waals surface area contributed by atoms with Crippen molar-refractivity contribution in [2.24, 2.45) is 0 Å². The summed E-state index contributed by atoms with van der Waals surface area (Å²) in [7, 11) is 0. The second-order valence-corrected chi connectivity index (χ2v) is 3.40. The van der Waals surface area contributed by atoms with Gasteiger partial charge in [0.1, 0.15) is 5.82 Å². The maximum atomic E-state index is 13.3. The van der Waals surface area contributed by atoms with Gasteiger partial charge in [-0.25, -0.2) is 13.2 Å². The Morgan fingerprint density at radius 1 is 0.812 bits per heavy atom. The SMILES string of the molecule is Fc1cc(-c2ccccc2)ccc1C(F)F. The fraction of sp³-hybridized carbons (Fsp3) is 0.0769. The third kappa shape index (κ3) is 2.08. The molecule has 0 atom stereocenters. The Hall–Kier alpha value is -1.77. The lowest BCUT2D eigenvalue weighted by atomic mass is 10.0. The summed E-state index contributed by atoms with van der Waals surface area (Å²) in [6.07, 6.45) is -2.77. The van der Waals surface area contributed by atoms with E-state index in [1.807, 2.05) is 18.2 Å². The zero-order valence-corrected chi connectivity index (χ0v) is 8.33. The van der Waals surface area contributed by atoms with Gasteiger partial charge >= 0.3 is 0 Å². The van der Waals surface area contributed by atoms with E-state index in [1.54, 1.807) is 12.1 Å². The molecule has 0 aliphatic carbocycles. The molecule has 0 N–H and O–H groups in total. The van der Waals surface area contributed by atoms with Crippen LogP contribution >= 0.6 is 0 Å². The Balaban J connectivity index is 2.43. The van der Waals surface area contributed by atoms with Crippen LogP contribution in [0.3, 0.4) is 0 Å². The first kappa shape index (κ1) is 10.7. The van der Waals surface area contributed by atoms with Gasteiger partial charge in [-0.05, 0) is 23.3 Å². The van der Waals surface area contributed by atoms with Gasteiger partial charge in [0.05, 0.1) is 5.56 Å². The van der Waals surface area contributed by atoms with E-state index in [1.165, 1.54) is 6.07 Å². The summed E-state index contributed by atoms with van der Waals surface area (Å²) in [5.74, 6) is -0.864. The highest BCUT2D eigenvalue weighted by Crippen LogP contribution is 2.26. The van der Waals surface area contributed by atoms with Crippen molar-refractivity contribution in [3.05, 3.63) is 59.9 Å². The summed E-state index contributed by atoms with van der Waals surface area (Å²) in [6, 6.07) is 12.8. The van der Waals surface area contributed by atoms with Crippen LogP contribution in [0, 0.1) is 5.82 Å². The third-order valence-electron chi connectivity index (χ3n) is 2.34. The molecule has 0 fully saturated rings. The van der Waals surface area contributed by atoms with Gasteiger partial charge < -0.3 is 0 Å². The highest BCUT2D eigenvalue weighted by atomic mass is 19.3. The van der Waals surface area contributed by atoms with E-state index < -0.39 is 17.8 Å². The molecule has 0 aromatic heterocycles. The summed E-state index contributed by atoms with van der Waals surface area (Å²) in [4.78, 5) is 0. The van der Waals surface area contributed by atoms with E-state index >= 15 is 0 Å². The molecule has 2 rings (SSSR count). The molecular weight excluding hydrogens is 213 g/mol. The number of alkyl halides is 2. The number of hydrogen-bond acceptors (Lipinski definition) is 0. The zero-order valence-electron chi connectivity index (χ0n) is 8.33. The monoisotopic (exact) mass is 222 g/mol. The van der Waals surface area contributed by atoms with Crippen LogP contribution in [-0.4, -0.2) is 0 Å². The van der Waals surface area contributed by atoms with E-state index in [2.05, 4.69) is 0 Å². The first-order valence-electron chi connectivity index (χ1n) is 4.81. The predicted octanol–water partition coefficient (Wildman–Crippen LogP) is 4.43. The molecule has 0 saturated carbocycles. The van der Waals surface area contributed by atoms with E-state index in [0.717, 1.165) is 17.7 Å². The number of hydrogen-bond donors (Lipinski definition) is 0. The first-order valence-corrected chi connectivity index (χ1v) is 4.81. The second kappa shape index (κ2) is 4.39. The summed E-state index contributed by atoms with van der Waals surface area (Å²) < 4.78 is 38.0. The lowest BCUT2D eigenvalue weighted by molar-refractivity contribution is 0.146. The molecule has 0 amide bonds. The predicted molar refractivity (Wildman–Crippen MR) is 56.8 cm³/mol. The maximum Gasteiger partial charge on any atom is 0.266 e. The van der Waals surface area contributed by atoms with Crippen LogP contribution < -0.4 is 0 Å². The van der Waals surface area contributed by atoms with Crippen LogP contribution in [0.2, 0.25) is 0 Å². The van der Waals surface area contributed by atoms with Crippen molar-refractivity contribution in [2.75, 3.05) is 0 Å². The smallest absolute Gasteiger partial charge is 0.206 e. The van der Waals surface area contributed by atoms with Crippen LogP contribution in [0.25, 0.3) is 11.1 Å². The fourth-order valence-corrected chi connectivity index (χ4v) is 1.51. The summed E-state index contributed by atoms with van der Waals surface area (Å²) >= 11 is 0. The van der Waals surface area contributed by atoms with Crippen LogP contribution in [-0.2, 0) is 0 Å². The van der Waals surface area contributed by atoms with Crippen LogP contribution in [0.15, 0.2) is 48.5 Å². The van der Waals surface area contributed by atoms with Gasteiger partial charge in [-0.2, -0.15) is 0 Å². The normalized spacial score (nSPS) is 10.8. The van der Waals surface area contributed by atoms with Gasteiger partial charge in [-0.15, -0.1) is 0 Å². The standard InChI is InChI=1S/C13H9F3/c14-12-8-10(6-7-11(12)13(15)16)9-4-2-1-3-5-9/h1-8,13H. The quantitative estimate of drug-likeness (QED) is 0.705. The Bertz CT molecular complexity index is 478. The molecule has 0 nitrogen and oxygen atoms in total. The molecule has 0 saturated heterocycles. The Morgan fingerprint density at radius 2 is 1.50 bits per heavy atom. The Kier molecular flexibility index (Phi) is 2.95. The van der Waals surface area contributed by atoms with E-state index in [4.69, 9.17) is 0 Å². The van der Waals surface area contributed by atoms with Crippen molar-refractivity contribution in [2.45, 2.75) is 6.43 Å². The van der Waals surface area contributed by atoms with Crippen molar-refractivity contribution in [3.63, 3.8) is 0 Å². The van der Waals surface area contributed by atoms with E-state index in [0.29, 0.717) is 5.56 Å². The van der Waals surface area contributed by atoms with E-state index in [-0.39, 0.29) is 0 Å². The molecule has 2 aromatic carbocycles. The molecule has 0 aliphatic heterocycles. The summed E-state index contributed by atoms with van der Waals surface area (Å²) in [5, 5.41) is 0. The average Bonchev–Trinajstić information content (AvgIpc) is 2.29. The number of halogens is 3. The lowest BCUT2D eigenvalue weighted by Crippen LogP contribution is -1.91. The fourth-order valence-electron chi connectivity index (χ4n) is 1.51. The van der Waals surface area contributed by atoms with Crippen molar-refractivity contribution < 1.29 is 13.2 Å². The lowest BCUT2D eigenvalue weighted by Gasteiger charge is -2.05. The minimum Gasteiger partial charge on any atom is -0.206 e. The van der Waals surface area contributed by atoms with Crippen LogP contribution in [0.1, 0.15) is 12.0 Å². The van der Waals surface area contributed by atoms with Gasteiger partial charge in [0.2, 0.25) is 0 Å². The topological polar surface area (TPSA) is 0 Å². The van der Waals surface area contributed by atoms with Gasteiger partial charge in [-0.3, -0.25) is 0 Å². The molecule has 0 radical (unpaired) electrons. The van der Waals surface area contributed by atoms with Crippen LogP contribution in [0.5, 0.6) is 0 Å². The van der Waals surface area contributed by atoms with Crippen molar-refractivity contribution >= 4 is 0 Å². The highest BCUT2D eigenvalue weighted by molar-refractivity contribution is 5.63. The summed E-state index contributed by atoms with van der Waals surface area (Å²) in [6.45, 7) is 0. The third-order valence-corrected chi connectivity index (χ3v) is 2.34. The molecule has 0 bridgehead atoms. The molecule has 2 aromatic rings. The minimum absolute atomic E-state index is 0.556. The number of rotatable bonds is 2. The van der Waals surface area contributed by atoms with Gasteiger partial charge in [0, 0.05) is 0 Å². The van der Waals surface area contributed by atoms with Gasteiger partial charge in [0.15, 0.2) is 0 Å². The van der Waals surface area contributed by atoms with Gasteiger partial charge in [0.25, 0.3) is 6.43 Å². The highest BCUT2D eigenvalue weighted by Gasteiger charge is 2.13. The van der Waals surface area contributed by atoms with E-state index in [9.17, 15) is 13.2 Å². The van der Waals surface area contributed by atoms with Crippen molar-refractivity contribution in [3.8, 4) is 11.1 Å². The molecular formula is C13H9F3. The minimum atomic E-state index is -2.77. The molecule has 3 heteroatoms.